The van der Waals surface area contributed by atoms with Crippen LogP contribution in [-0.2, 0) is 16.0 Å². The number of rotatable bonds is 6. The van der Waals surface area contributed by atoms with Crippen LogP contribution < -0.4 is 5.56 Å². The second-order valence-electron chi connectivity index (χ2n) is 8.16. The van der Waals surface area contributed by atoms with Crippen molar-refractivity contribution in [2.24, 2.45) is 0 Å². The smallest absolute Gasteiger partial charge is 0.327 e. The van der Waals surface area contributed by atoms with Crippen molar-refractivity contribution in [3.05, 3.63) is 112 Å². The highest BCUT2D eigenvalue weighted by molar-refractivity contribution is 6.25. The van der Waals surface area contributed by atoms with E-state index < -0.39 is 17.6 Å². The number of carboxylic acid groups (broad SMARTS) is 1. The van der Waals surface area contributed by atoms with E-state index in [4.69, 9.17) is 4.74 Å². The van der Waals surface area contributed by atoms with Gasteiger partial charge < -0.3 is 9.84 Å². The number of aliphatic carboxylic acids is 1. The molecular formula is C28H21NO5. The number of aromatic nitrogens is 1. The minimum Gasteiger partial charge on any atom is -0.493 e. The molecule has 34 heavy (non-hydrogen) atoms. The van der Waals surface area contributed by atoms with Gasteiger partial charge in [0.1, 0.15) is 6.04 Å². The molecule has 0 radical (unpaired) electrons. The number of ether oxygens (including phenoxy) is 1. The summed E-state index contributed by atoms with van der Waals surface area (Å²) in [5.74, 6) is -1.28. The Bertz CT molecular complexity index is 1520. The monoisotopic (exact) mass is 451 g/mol. The van der Waals surface area contributed by atoms with Gasteiger partial charge in [0.2, 0.25) is 5.78 Å². The van der Waals surface area contributed by atoms with Crippen LogP contribution in [0, 0.1) is 0 Å². The van der Waals surface area contributed by atoms with Crippen LogP contribution in [0.15, 0.2) is 89.5 Å². The first-order valence-electron chi connectivity index (χ1n) is 10.8. The molecule has 0 fully saturated rings. The molecule has 0 amide bonds. The summed E-state index contributed by atoms with van der Waals surface area (Å²) < 4.78 is 6.61. The molecule has 168 valence electrons. The molecule has 4 aromatic rings. The average Bonchev–Trinajstić information content (AvgIpc) is 2.87. The number of pyridine rings is 1. The van der Waals surface area contributed by atoms with E-state index in [1.54, 1.807) is 18.2 Å². The highest BCUT2D eigenvalue weighted by Crippen LogP contribution is 2.37. The van der Waals surface area contributed by atoms with E-state index in [-0.39, 0.29) is 18.0 Å². The number of hydrogen-bond acceptors (Lipinski definition) is 4. The maximum Gasteiger partial charge on any atom is 0.327 e. The van der Waals surface area contributed by atoms with Gasteiger partial charge in [-0.15, -0.1) is 0 Å². The molecule has 5 rings (SSSR count). The molecule has 1 heterocycles. The summed E-state index contributed by atoms with van der Waals surface area (Å²) in [6.45, 7) is 0. The summed E-state index contributed by atoms with van der Waals surface area (Å²) in [5, 5.41) is 10.8. The zero-order valence-electron chi connectivity index (χ0n) is 18.4. The maximum atomic E-state index is 13.6. The van der Waals surface area contributed by atoms with Crippen molar-refractivity contribution in [1.82, 2.24) is 4.57 Å². The first-order valence-corrected chi connectivity index (χ1v) is 10.8. The van der Waals surface area contributed by atoms with Gasteiger partial charge in [-0.05, 0) is 28.8 Å². The maximum absolute atomic E-state index is 13.6. The van der Waals surface area contributed by atoms with Crippen molar-refractivity contribution in [3.8, 4) is 11.1 Å². The lowest BCUT2D eigenvalue weighted by molar-refractivity contribution is -0.141. The molecule has 0 saturated carbocycles. The first-order chi connectivity index (χ1) is 16.5. The number of ketones is 1. The number of carboxylic acids is 1. The Hall–Kier alpha value is -4.45. The van der Waals surface area contributed by atoms with Crippen LogP contribution in [-0.4, -0.2) is 28.5 Å². The summed E-state index contributed by atoms with van der Waals surface area (Å²) >= 11 is 0. The van der Waals surface area contributed by atoms with Crippen LogP contribution in [0.25, 0.3) is 28.0 Å². The fraction of sp³-hybridized carbons (Fsp3) is 0.107. The molecule has 1 N–H and O–H groups in total. The Morgan fingerprint density at radius 1 is 0.971 bits per heavy atom. The SMILES string of the molecule is COC1=Cc2cn([C@H](Cc3ccccc3)C(=O)O)c(=O)c3ccc(-c4ccccc4)c(c23)C1=O. The highest BCUT2D eigenvalue weighted by atomic mass is 16.5. The molecule has 0 saturated heterocycles. The summed E-state index contributed by atoms with van der Waals surface area (Å²) in [6.07, 6.45) is 3.25. The number of nitrogens with zero attached hydrogens (tertiary/aromatic N) is 1. The van der Waals surface area contributed by atoms with Gasteiger partial charge in [-0.1, -0.05) is 66.7 Å². The van der Waals surface area contributed by atoms with Crippen molar-refractivity contribution in [3.63, 3.8) is 0 Å². The number of Topliss-reactive ketones (excluding diaryl/α,β-unsaturated/α-hetero) is 1. The average molecular weight is 451 g/mol. The third-order valence-electron chi connectivity index (χ3n) is 6.17. The van der Waals surface area contributed by atoms with Gasteiger partial charge in [0.05, 0.1) is 7.11 Å². The second kappa shape index (κ2) is 8.48. The number of methoxy groups -OCH3 is 1. The molecule has 6 nitrogen and oxygen atoms in total. The second-order valence-corrected chi connectivity index (χ2v) is 8.16. The zero-order chi connectivity index (χ0) is 23.8. The number of hydrogen-bond donors (Lipinski definition) is 1. The molecule has 0 bridgehead atoms. The Kier molecular flexibility index (Phi) is 5.34. The number of benzene rings is 3. The van der Waals surface area contributed by atoms with Gasteiger partial charge in [0.25, 0.3) is 5.56 Å². The lowest BCUT2D eigenvalue weighted by atomic mass is 9.86. The van der Waals surface area contributed by atoms with E-state index in [1.165, 1.54) is 17.9 Å². The third kappa shape index (κ3) is 3.49. The normalized spacial score (nSPS) is 13.4. The van der Waals surface area contributed by atoms with Crippen LogP contribution in [0.5, 0.6) is 0 Å². The van der Waals surface area contributed by atoms with Crippen LogP contribution >= 0.6 is 0 Å². The lowest BCUT2D eigenvalue weighted by Crippen LogP contribution is -2.32. The minimum atomic E-state index is -1.11. The van der Waals surface area contributed by atoms with E-state index in [0.29, 0.717) is 27.5 Å². The van der Waals surface area contributed by atoms with E-state index in [1.807, 2.05) is 60.7 Å². The van der Waals surface area contributed by atoms with Crippen molar-refractivity contribution in [1.29, 1.82) is 0 Å². The Balaban J connectivity index is 1.78. The fourth-order valence-corrected chi connectivity index (χ4v) is 4.55. The predicted octanol–water partition coefficient (Wildman–Crippen LogP) is 4.72. The van der Waals surface area contributed by atoms with E-state index >= 15 is 0 Å². The van der Waals surface area contributed by atoms with Crippen LogP contribution in [0.1, 0.15) is 27.5 Å². The van der Waals surface area contributed by atoms with Crippen molar-refractivity contribution in [2.45, 2.75) is 12.5 Å². The lowest BCUT2D eigenvalue weighted by Gasteiger charge is -2.23. The van der Waals surface area contributed by atoms with Crippen molar-refractivity contribution >= 4 is 28.6 Å². The van der Waals surface area contributed by atoms with Crippen molar-refractivity contribution < 1.29 is 19.4 Å². The van der Waals surface area contributed by atoms with Gasteiger partial charge >= 0.3 is 5.97 Å². The van der Waals surface area contributed by atoms with Crippen molar-refractivity contribution in [2.75, 3.05) is 7.11 Å². The van der Waals surface area contributed by atoms with Gasteiger partial charge in [-0.2, -0.15) is 0 Å². The summed E-state index contributed by atoms with van der Waals surface area (Å²) in [4.78, 5) is 39.1. The molecule has 0 aliphatic heterocycles. The summed E-state index contributed by atoms with van der Waals surface area (Å²) in [5.41, 5.74) is 2.84. The molecule has 1 aromatic heterocycles. The van der Waals surface area contributed by atoms with E-state index in [9.17, 15) is 19.5 Å². The Labute approximate surface area is 195 Å². The third-order valence-corrected chi connectivity index (χ3v) is 6.17. The topological polar surface area (TPSA) is 85.6 Å². The number of allylic oxidation sites excluding steroid dienone is 1. The number of carbonyl (C=O) groups is 2. The quantitative estimate of drug-likeness (QED) is 0.459. The summed E-state index contributed by atoms with van der Waals surface area (Å²) in [7, 11) is 1.42. The molecular weight excluding hydrogens is 430 g/mol. The molecule has 0 unspecified atom stereocenters. The molecule has 0 spiro atoms. The molecule has 1 atom stereocenters. The van der Waals surface area contributed by atoms with E-state index in [2.05, 4.69) is 0 Å². The largest absolute Gasteiger partial charge is 0.493 e. The van der Waals surface area contributed by atoms with Crippen LogP contribution in [0.4, 0.5) is 0 Å². The molecule has 1 aliphatic carbocycles. The van der Waals surface area contributed by atoms with E-state index in [0.717, 1.165) is 11.1 Å². The molecule has 3 aromatic carbocycles. The van der Waals surface area contributed by atoms with Crippen LogP contribution in [0.2, 0.25) is 0 Å². The Morgan fingerprint density at radius 3 is 2.29 bits per heavy atom. The summed E-state index contributed by atoms with van der Waals surface area (Å²) in [6, 6.07) is 20.9. The molecule has 6 heteroatoms. The van der Waals surface area contributed by atoms with Gasteiger partial charge in [-0.3, -0.25) is 14.2 Å². The zero-order valence-corrected chi connectivity index (χ0v) is 18.4. The minimum absolute atomic E-state index is 0.136. The number of carbonyl (C=O) groups excluding carboxylic acids is 1. The molecule has 1 aliphatic rings. The first kappa shape index (κ1) is 21.4. The fourth-order valence-electron chi connectivity index (χ4n) is 4.55. The van der Waals surface area contributed by atoms with Crippen LogP contribution in [0.3, 0.4) is 0 Å². The Morgan fingerprint density at radius 2 is 1.65 bits per heavy atom. The predicted molar refractivity (Wildman–Crippen MR) is 130 cm³/mol. The standard InChI is InChI=1S/C28H21NO5/c1-34-23-15-19-16-29(22(28(32)33)14-17-8-4-2-5-9-17)27(31)21-13-12-20(18-10-6-3-7-11-18)25(24(19)21)26(23)30/h2-13,15-16,22H,14H2,1H3,(H,32,33)/t22-/m1/s1. The highest BCUT2D eigenvalue weighted by Gasteiger charge is 2.30. The van der Waals surface area contributed by atoms with Gasteiger partial charge in [0, 0.05) is 34.5 Å². The van der Waals surface area contributed by atoms with Gasteiger partial charge in [-0.25, -0.2) is 4.79 Å². The van der Waals surface area contributed by atoms with Gasteiger partial charge in [0.15, 0.2) is 5.76 Å².